The number of hydrogen-bond donors (Lipinski definition) is 0. The van der Waals surface area contributed by atoms with Crippen molar-refractivity contribution in [2.24, 2.45) is 0 Å². The first-order valence-corrected chi connectivity index (χ1v) is 15.5. The summed E-state index contributed by atoms with van der Waals surface area (Å²) in [7, 11) is 0. The lowest BCUT2D eigenvalue weighted by molar-refractivity contribution is 0.487. The van der Waals surface area contributed by atoms with Crippen molar-refractivity contribution < 1.29 is 4.74 Å². The third-order valence-electron chi connectivity index (χ3n) is 9.63. The van der Waals surface area contributed by atoms with Crippen LogP contribution in [0.15, 0.2) is 158 Å². The van der Waals surface area contributed by atoms with E-state index in [4.69, 9.17) is 4.74 Å². The monoisotopic (exact) mass is 570 g/mol. The Balaban J connectivity index is 1.23. The summed E-state index contributed by atoms with van der Waals surface area (Å²) in [5, 5.41) is 12.5. The average molecular weight is 571 g/mol. The maximum Gasteiger partial charge on any atom is 0.135 e. The van der Waals surface area contributed by atoms with Crippen molar-refractivity contribution in [3.05, 3.63) is 158 Å². The SMILES string of the molecule is c1ccc2c(-c3ccc(-c4ccc5c(c4)-c4cccc6cccc(c46)O5)c4ccccc34)c3ccc4ccccc4c3cc2c1. The third-order valence-corrected chi connectivity index (χ3v) is 9.63. The lowest BCUT2D eigenvalue weighted by atomic mass is 9.85. The number of benzene rings is 9. The van der Waals surface area contributed by atoms with Gasteiger partial charge < -0.3 is 4.74 Å². The van der Waals surface area contributed by atoms with E-state index in [2.05, 4.69) is 158 Å². The molecule has 0 radical (unpaired) electrons. The Morgan fingerprint density at radius 2 is 1.00 bits per heavy atom. The quantitative estimate of drug-likeness (QED) is 0.148. The second kappa shape index (κ2) is 9.29. The molecule has 0 saturated carbocycles. The number of hydrogen-bond acceptors (Lipinski definition) is 1. The van der Waals surface area contributed by atoms with Crippen LogP contribution in [0.2, 0.25) is 0 Å². The van der Waals surface area contributed by atoms with Gasteiger partial charge in [-0.15, -0.1) is 0 Å². The molecule has 0 unspecified atom stereocenters. The summed E-state index contributed by atoms with van der Waals surface area (Å²) < 4.78 is 6.42. The number of ether oxygens (including phenoxy) is 1. The van der Waals surface area contributed by atoms with Crippen LogP contribution in [0.1, 0.15) is 0 Å². The Labute approximate surface area is 260 Å². The summed E-state index contributed by atoms with van der Waals surface area (Å²) in [6.45, 7) is 0. The van der Waals surface area contributed by atoms with Crippen LogP contribution in [0, 0.1) is 0 Å². The number of rotatable bonds is 2. The molecule has 208 valence electrons. The molecule has 0 aliphatic carbocycles. The smallest absolute Gasteiger partial charge is 0.135 e. The molecule has 1 nitrogen and oxygen atoms in total. The van der Waals surface area contributed by atoms with Gasteiger partial charge in [-0.3, -0.25) is 0 Å². The third kappa shape index (κ3) is 3.56. The molecule has 45 heavy (non-hydrogen) atoms. The van der Waals surface area contributed by atoms with E-state index in [1.54, 1.807) is 0 Å². The van der Waals surface area contributed by atoms with Gasteiger partial charge in [-0.05, 0) is 101 Å². The zero-order chi connectivity index (χ0) is 29.5. The molecule has 0 N–H and O–H groups in total. The fraction of sp³-hybridized carbons (Fsp3) is 0. The molecular formula is C44H26O. The van der Waals surface area contributed by atoms with Gasteiger partial charge in [0.2, 0.25) is 0 Å². The van der Waals surface area contributed by atoms with Crippen LogP contribution in [-0.2, 0) is 0 Å². The molecule has 0 saturated heterocycles. The summed E-state index contributed by atoms with van der Waals surface area (Å²) in [6.07, 6.45) is 0. The van der Waals surface area contributed by atoms with Gasteiger partial charge in [-0.25, -0.2) is 0 Å². The van der Waals surface area contributed by atoms with Gasteiger partial charge in [-0.2, -0.15) is 0 Å². The highest BCUT2D eigenvalue weighted by atomic mass is 16.5. The van der Waals surface area contributed by atoms with E-state index in [1.165, 1.54) is 81.7 Å². The van der Waals surface area contributed by atoms with Crippen LogP contribution in [0.4, 0.5) is 0 Å². The van der Waals surface area contributed by atoms with Crippen molar-refractivity contribution in [3.63, 3.8) is 0 Å². The summed E-state index contributed by atoms with van der Waals surface area (Å²) >= 11 is 0. The first-order chi connectivity index (χ1) is 22.3. The van der Waals surface area contributed by atoms with Gasteiger partial charge in [-0.1, -0.05) is 133 Å². The molecule has 10 rings (SSSR count). The van der Waals surface area contributed by atoms with Crippen LogP contribution in [0.3, 0.4) is 0 Å². The maximum atomic E-state index is 6.42. The standard InChI is InChI=1S/C44H26O/c1-3-13-31-27(9-1)19-21-38-39(31)25-29-10-2-4-14-33(29)44(38)37-23-22-32(34-15-5-6-16-35(34)37)30-20-24-41-40(26-30)36-17-7-11-28-12-8-18-42(45-41)43(28)36/h1-26H. The Kier molecular flexibility index (Phi) is 5.06. The molecular weight excluding hydrogens is 544 g/mol. The minimum atomic E-state index is 0.903. The molecule has 0 bridgehead atoms. The molecule has 1 heteroatoms. The molecule has 1 aliphatic rings. The second-order valence-corrected chi connectivity index (χ2v) is 12.0. The molecule has 9 aromatic carbocycles. The molecule has 1 heterocycles. The van der Waals surface area contributed by atoms with Crippen LogP contribution in [0.25, 0.3) is 87.2 Å². The predicted octanol–water partition coefficient (Wildman–Crippen LogP) is 12.6. The summed E-state index contributed by atoms with van der Waals surface area (Å²) in [6, 6.07) is 57.4. The molecule has 0 amide bonds. The van der Waals surface area contributed by atoms with Gasteiger partial charge in [0.05, 0.1) is 0 Å². The molecule has 9 aromatic rings. The predicted molar refractivity (Wildman–Crippen MR) is 190 cm³/mol. The van der Waals surface area contributed by atoms with E-state index in [-0.39, 0.29) is 0 Å². The highest BCUT2D eigenvalue weighted by Gasteiger charge is 2.21. The van der Waals surface area contributed by atoms with Gasteiger partial charge in [0.25, 0.3) is 0 Å². The molecule has 0 atom stereocenters. The van der Waals surface area contributed by atoms with Crippen molar-refractivity contribution in [1.82, 2.24) is 0 Å². The van der Waals surface area contributed by atoms with Gasteiger partial charge >= 0.3 is 0 Å². The van der Waals surface area contributed by atoms with E-state index in [0.717, 1.165) is 17.1 Å². The van der Waals surface area contributed by atoms with Crippen LogP contribution < -0.4 is 4.74 Å². The van der Waals surface area contributed by atoms with E-state index < -0.39 is 0 Å². The Hall–Kier alpha value is -5.92. The first kappa shape index (κ1) is 24.5. The Bertz CT molecular complexity index is 2670. The van der Waals surface area contributed by atoms with E-state index >= 15 is 0 Å². The van der Waals surface area contributed by atoms with Crippen molar-refractivity contribution in [2.75, 3.05) is 0 Å². The van der Waals surface area contributed by atoms with Gasteiger partial charge in [0.15, 0.2) is 0 Å². The van der Waals surface area contributed by atoms with Gasteiger partial charge in [0.1, 0.15) is 11.5 Å². The van der Waals surface area contributed by atoms with E-state index in [1.807, 2.05) is 0 Å². The topological polar surface area (TPSA) is 9.23 Å². The highest BCUT2D eigenvalue weighted by Crippen LogP contribution is 2.49. The maximum absolute atomic E-state index is 6.42. The van der Waals surface area contributed by atoms with Crippen molar-refractivity contribution in [2.45, 2.75) is 0 Å². The van der Waals surface area contributed by atoms with E-state index in [9.17, 15) is 0 Å². The first-order valence-electron chi connectivity index (χ1n) is 15.5. The molecule has 0 spiro atoms. The summed E-state index contributed by atoms with van der Waals surface area (Å²) in [4.78, 5) is 0. The Morgan fingerprint density at radius 1 is 0.311 bits per heavy atom. The second-order valence-electron chi connectivity index (χ2n) is 12.0. The lowest BCUT2D eigenvalue weighted by Crippen LogP contribution is -1.97. The minimum Gasteiger partial charge on any atom is -0.456 e. The van der Waals surface area contributed by atoms with Gasteiger partial charge in [0, 0.05) is 10.9 Å². The molecule has 1 aliphatic heterocycles. The van der Waals surface area contributed by atoms with Crippen LogP contribution in [-0.4, -0.2) is 0 Å². The minimum absolute atomic E-state index is 0.903. The van der Waals surface area contributed by atoms with Crippen LogP contribution >= 0.6 is 0 Å². The zero-order valence-corrected chi connectivity index (χ0v) is 24.4. The summed E-state index contributed by atoms with van der Waals surface area (Å²) in [5.74, 6) is 1.83. The van der Waals surface area contributed by atoms with Crippen LogP contribution in [0.5, 0.6) is 11.5 Å². The highest BCUT2D eigenvalue weighted by molar-refractivity contribution is 6.23. The molecule has 0 aromatic heterocycles. The van der Waals surface area contributed by atoms with Crippen molar-refractivity contribution >= 4 is 53.9 Å². The van der Waals surface area contributed by atoms with Crippen molar-refractivity contribution in [1.29, 1.82) is 0 Å². The van der Waals surface area contributed by atoms with Crippen molar-refractivity contribution in [3.8, 4) is 44.9 Å². The number of fused-ring (bicyclic) bond motifs is 7. The summed E-state index contributed by atoms with van der Waals surface area (Å²) in [5.41, 5.74) is 7.31. The fourth-order valence-electron chi connectivity index (χ4n) is 7.61. The Morgan fingerprint density at radius 3 is 1.87 bits per heavy atom. The normalized spacial score (nSPS) is 12.2. The fourth-order valence-corrected chi connectivity index (χ4v) is 7.61. The lowest BCUT2D eigenvalue weighted by Gasteiger charge is -2.22. The molecule has 0 fully saturated rings. The largest absolute Gasteiger partial charge is 0.456 e. The average Bonchev–Trinajstić information content (AvgIpc) is 3.10. The zero-order valence-electron chi connectivity index (χ0n) is 24.4. The van der Waals surface area contributed by atoms with E-state index in [0.29, 0.717) is 0 Å².